The Morgan fingerprint density at radius 1 is 1.28 bits per heavy atom. The Morgan fingerprint density at radius 3 is 2.50 bits per heavy atom. The summed E-state index contributed by atoms with van der Waals surface area (Å²) in [5, 5.41) is 4.04. The van der Waals surface area contributed by atoms with E-state index in [1.165, 1.54) is 12.0 Å². The van der Waals surface area contributed by atoms with Crippen molar-refractivity contribution in [1.29, 1.82) is 0 Å². The highest BCUT2D eigenvalue weighted by atomic mass is 35.5. The van der Waals surface area contributed by atoms with Crippen LogP contribution in [0, 0.1) is 5.92 Å². The average molecular weight is 269 g/mol. The lowest BCUT2D eigenvalue weighted by atomic mass is 10.0. The molecule has 1 unspecified atom stereocenters. The maximum Gasteiger partial charge on any atom is 0.0642 e. The van der Waals surface area contributed by atoms with Gasteiger partial charge in [0.2, 0.25) is 0 Å². The SMILES string of the molecule is CNCc1cccc(Cl)c1N(C)C(C)CC(C)C. The minimum absolute atomic E-state index is 0.487. The van der Waals surface area contributed by atoms with Crippen molar-refractivity contribution in [1.82, 2.24) is 5.32 Å². The van der Waals surface area contributed by atoms with E-state index in [0.717, 1.165) is 17.3 Å². The van der Waals surface area contributed by atoms with E-state index >= 15 is 0 Å². The third kappa shape index (κ3) is 3.89. The Kier molecular flexibility index (Phi) is 5.97. The second kappa shape index (κ2) is 7.01. The van der Waals surface area contributed by atoms with E-state index in [1.807, 2.05) is 19.2 Å². The van der Waals surface area contributed by atoms with Gasteiger partial charge in [-0.15, -0.1) is 0 Å². The van der Waals surface area contributed by atoms with Crippen molar-refractivity contribution in [3.63, 3.8) is 0 Å². The molecule has 0 spiro atoms. The second-order valence-electron chi connectivity index (χ2n) is 5.37. The van der Waals surface area contributed by atoms with E-state index in [1.54, 1.807) is 0 Å². The zero-order valence-electron chi connectivity index (χ0n) is 12.1. The maximum atomic E-state index is 6.37. The zero-order chi connectivity index (χ0) is 13.7. The second-order valence-corrected chi connectivity index (χ2v) is 5.77. The van der Waals surface area contributed by atoms with Crippen molar-refractivity contribution >= 4 is 17.3 Å². The standard InChI is InChI=1S/C15H25ClN2/c1-11(2)9-12(3)18(5)15-13(10-17-4)7-6-8-14(15)16/h6-8,11-12,17H,9-10H2,1-5H3. The van der Waals surface area contributed by atoms with Crippen LogP contribution in [-0.4, -0.2) is 20.1 Å². The third-order valence-corrected chi connectivity index (χ3v) is 3.57. The van der Waals surface area contributed by atoms with Crippen molar-refractivity contribution in [2.45, 2.75) is 39.8 Å². The lowest BCUT2D eigenvalue weighted by Gasteiger charge is -2.31. The number of hydrogen-bond donors (Lipinski definition) is 1. The van der Waals surface area contributed by atoms with Crippen molar-refractivity contribution in [3.05, 3.63) is 28.8 Å². The van der Waals surface area contributed by atoms with Crippen LogP contribution in [0.25, 0.3) is 0 Å². The molecule has 0 bridgehead atoms. The van der Waals surface area contributed by atoms with E-state index in [2.05, 4.69) is 44.1 Å². The summed E-state index contributed by atoms with van der Waals surface area (Å²) in [6.07, 6.45) is 1.17. The van der Waals surface area contributed by atoms with E-state index in [9.17, 15) is 0 Å². The fourth-order valence-electron chi connectivity index (χ4n) is 2.35. The van der Waals surface area contributed by atoms with Crippen LogP contribution >= 0.6 is 11.6 Å². The third-order valence-electron chi connectivity index (χ3n) is 3.26. The highest BCUT2D eigenvalue weighted by molar-refractivity contribution is 6.33. The number of anilines is 1. The Bertz CT molecular complexity index is 377. The van der Waals surface area contributed by atoms with Crippen LogP contribution < -0.4 is 10.2 Å². The van der Waals surface area contributed by atoms with E-state index in [0.29, 0.717) is 12.0 Å². The van der Waals surface area contributed by atoms with Gasteiger partial charge in [-0.05, 0) is 37.9 Å². The van der Waals surface area contributed by atoms with Gasteiger partial charge in [-0.1, -0.05) is 37.6 Å². The minimum Gasteiger partial charge on any atom is -0.370 e. The first-order valence-corrected chi connectivity index (χ1v) is 7.00. The molecule has 0 aliphatic carbocycles. The molecule has 0 aromatic heterocycles. The summed E-state index contributed by atoms with van der Waals surface area (Å²) in [5.74, 6) is 0.692. The monoisotopic (exact) mass is 268 g/mol. The topological polar surface area (TPSA) is 15.3 Å². The van der Waals surface area contributed by atoms with Crippen LogP contribution in [-0.2, 0) is 6.54 Å². The van der Waals surface area contributed by atoms with Crippen LogP contribution in [0.2, 0.25) is 5.02 Å². The number of nitrogens with one attached hydrogen (secondary N) is 1. The average Bonchev–Trinajstić information content (AvgIpc) is 2.28. The molecule has 1 rings (SSSR count). The van der Waals surface area contributed by atoms with Crippen molar-refractivity contribution in [2.24, 2.45) is 5.92 Å². The molecule has 0 aliphatic rings. The fourth-order valence-corrected chi connectivity index (χ4v) is 2.68. The summed E-state index contributed by atoms with van der Waals surface area (Å²) >= 11 is 6.37. The van der Waals surface area contributed by atoms with Gasteiger partial charge in [-0.3, -0.25) is 0 Å². The number of para-hydroxylation sites is 1. The van der Waals surface area contributed by atoms with Gasteiger partial charge in [0.05, 0.1) is 10.7 Å². The largest absolute Gasteiger partial charge is 0.370 e. The van der Waals surface area contributed by atoms with Crippen LogP contribution in [0.5, 0.6) is 0 Å². The van der Waals surface area contributed by atoms with Crippen LogP contribution in [0.3, 0.4) is 0 Å². The van der Waals surface area contributed by atoms with Gasteiger partial charge < -0.3 is 10.2 Å². The number of nitrogens with zero attached hydrogens (tertiary/aromatic N) is 1. The van der Waals surface area contributed by atoms with E-state index < -0.39 is 0 Å². The molecule has 0 heterocycles. The molecule has 0 saturated heterocycles. The molecule has 0 saturated carbocycles. The summed E-state index contributed by atoms with van der Waals surface area (Å²) in [5.41, 5.74) is 2.41. The molecule has 3 heteroatoms. The highest BCUT2D eigenvalue weighted by Crippen LogP contribution is 2.31. The molecule has 1 aromatic rings. The molecular formula is C15H25ClN2. The predicted molar refractivity (Wildman–Crippen MR) is 81.5 cm³/mol. The van der Waals surface area contributed by atoms with Crippen molar-refractivity contribution < 1.29 is 0 Å². The lowest BCUT2D eigenvalue weighted by molar-refractivity contribution is 0.503. The van der Waals surface area contributed by atoms with Gasteiger partial charge in [0, 0.05) is 19.6 Å². The lowest BCUT2D eigenvalue weighted by Crippen LogP contribution is -2.31. The van der Waals surface area contributed by atoms with Gasteiger partial charge in [0.1, 0.15) is 0 Å². The first-order chi connectivity index (χ1) is 8.47. The number of hydrogen-bond acceptors (Lipinski definition) is 2. The summed E-state index contributed by atoms with van der Waals surface area (Å²) in [6.45, 7) is 7.61. The molecule has 102 valence electrons. The van der Waals surface area contributed by atoms with Gasteiger partial charge in [0.15, 0.2) is 0 Å². The predicted octanol–water partition coefficient (Wildman–Crippen LogP) is 3.93. The van der Waals surface area contributed by atoms with E-state index in [-0.39, 0.29) is 0 Å². The summed E-state index contributed by atoms with van der Waals surface area (Å²) < 4.78 is 0. The van der Waals surface area contributed by atoms with Gasteiger partial charge in [-0.2, -0.15) is 0 Å². The molecule has 1 aromatic carbocycles. The van der Waals surface area contributed by atoms with E-state index in [4.69, 9.17) is 11.6 Å². The minimum atomic E-state index is 0.487. The number of rotatable bonds is 6. The molecule has 1 N–H and O–H groups in total. The smallest absolute Gasteiger partial charge is 0.0642 e. The molecule has 0 fully saturated rings. The van der Waals surface area contributed by atoms with Crippen molar-refractivity contribution in [3.8, 4) is 0 Å². The molecule has 0 amide bonds. The van der Waals surface area contributed by atoms with Crippen LogP contribution in [0.1, 0.15) is 32.8 Å². The first-order valence-electron chi connectivity index (χ1n) is 6.62. The number of benzene rings is 1. The first kappa shape index (κ1) is 15.3. The number of halogens is 1. The maximum absolute atomic E-state index is 6.37. The summed E-state index contributed by atoms with van der Waals surface area (Å²) in [4.78, 5) is 2.30. The summed E-state index contributed by atoms with van der Waals surface area (Å²) in [7, 11) is 4.09. The Morgan fingerprint density at radius 2 is 1.94 bits per heavy atom. The van der Waals surface area contributed by atoms with Crippen molar-refractivity contribution in [2.75, 3.05) is 19.0 Å². The fraction of sp³-hybridized carbons (Fsp3) is 0.600. The zero-order valence-corrected chi connectivity index (χ0v) is 12.9. The summed E-state index contributed by atoms with van der Waals surface area (Å²) in [6, 6.07) is 6.60. The molecule has 0 radical (unpaired) electrons. The van der Waals surface area contributed by atoms with Crippen LogP contribution in [0.15, 0.2) is 18.2 Å². The molecular weight excluding hydrogens is 244 g/mol. The van der Waals surface area contributed by atoms with Gasteiger partial charge in [-0.25, -0.2) is 0 Å². The molecule has 18 heavy (non-hydrogen) atoms. The van der Waals surface area contributed by atoms with Gasteiger partial charge in [0.25, 0.3) is 0 Å². The Balaban J connectivity index is 2.99. The Labute approximate surface area is 116 Å². The highest BCUT2D eigenvalue weighted by Gasteiger charge is 2.17. The molecule has 1 atom stereocenters. The quantitative estimate of drug-likeness (QED) is 0.841. The molecule has 2 nitrogen and oxygen atoms in total. The van der Waals surface area contributed by atoms with Gasteiger partial charge >= 0.3 is 0 Å². The van der Waals surface area contributed by atoms with Crippen LogP contribution in [0.4, 0.5) is 5.69 Å². The molecule has 0 aliphatic heterocycles. The normalized spacial score (nSPS) is 12.8. The Hall–Kier alpha value is -0.730.